The third-order valence-electron chi connectivity index (χ3n) is 5.59. The lowest BCUT2D eigenvalue weighted by atomic mass is 9.88. The highest BCUT2D eigenvalue weighted by Gasteiger charge is 2.35. The van der Waals surface area contributed by atoms with Gasteiger partial charge in [0, 0.05) is 50.4 Å². The number of aromatic nitrogens is 2. The molecule has 0 aromatic carbocycles. The number of piperidine rings is 2. The molecule has 2 saturated heterocycles. The maximum atomic E-state index is 13.0. The van der Waals surface area contributed by atoms with E-state index in [1.165, 1.54) is 0 Å². The van der Waals surface area contributed by atoms with Crippen LogP contribution in [-0.4, -0.2) is 60.1 Å². The van der Waals surface area contributed by atoms with Gasteiger partial charge in [-0.1, -0.05) is 6.92 Å². The standard InChI is InChI=1S/C18H29N5O2/c1-13-4-3-9-23(15(13)12-19)17(24)14-6-10-22(11-7-14)18-20-8-5-16(21-18)25-2/h5,8,13-15H,3-4,6-7,9-12,19H2,1-2H3/t13-,15+/m0/s1. The van der Waals surface area contributed by atoms with Gasteiger partial charge in [-0.15, -0.1) is 0 Å². The van der Waals surface area contributed by atoms with Crippen molar-refractivity contribution in [3.8, 4) is 5.88 Å². The third kappa shape index (κ3) is 3.86. The summed E-state index contributed by atoms with van der Waals surface area (Å²) in [7, 11) is 1.60. The van der Waals surface area contributed by atoms with Gasteiger partial charge >= 0.3 is 0 Å². The normalized spacial score (nSPS) is 25.1. The first-order valence-corrected chi connectivity index (χ1v) is 9.26. The van der Waals surface area contributed by atoms with Crippen LogP contribution in [0.4, 0.5) is 5.95 Å². The average molecular weight is 347 g/mol. The Bertz CT molecular complexity index is 589. The molecular formula is C18H29N5O2. The summed E-state index contributed by atoms with van der Waals surface area (Å²) in [6.45, 7) is 5.20. The number of nitrogens with two attached hydrogens (primary N) is 1. The topological polar surface area (TPSA) is 84.6 Å². The van der Waals surface area contributed by atoms with E-state index in [9.17, 15) is 4.79 Å². The number of hydrogen-bond donors (Lipinski definition) is 1. The van der Waals surface area contributed by atoms with Gasteiger partial charge in [0.25, 0.3) is 0 Å². The van der Waals surface area contributed by atoms with Crippen LogP contribution in [0.25, 0.3) is 0 Å². The summed E-state index contributed by atoms with van der Waals surface area (Å²) in [6, 6.07) is 1.94. The predicted octanol–water partition coefficient (Wildman–Crippen LogP) is 1.29. The van der Waals surface area contributed by atoms with Crippen molar-refractivity contribution in [3.05, 3.63) is 12.3 Å². The van der Waals surface area contributed by atoms with Crippen molar-refractivity contribution in [1.29, 1.82) is 0 Å². The molecule has 7 nitrogen and oxygen atoms in total. The molecular weight excluding hydrogens is 318 g/mol. The zero-order valence-corrected chi connectivity index (χ0v) is 15.2. The van der Waals surface area contributed by atoms with Crippen molar-refractivity contribution < 1.29 is 9.53 Å². The Morgan fingerprint density at radius 1 is 1.32 bits per heavy atom. The van der Waals surface area contributed by atoms with Gasteiger partial charge in [0.05, 0.1) is 7.11 Å². The number of carbonyl (C=O) groups is 1. The van der Waals surface area contributed by atoms with E-state index >= 15 is 0 Å². The van der Waals surface area contributed by atoms with E-state index in [-0.39, 0.29) is 17.9 Å². The van der Waals surface area contributed by atoms with E-state index < -0.39 is 0 Å². The van der Waals surface area contributed by atoms with Crippen molar-refractivity contribution in [1.82, 2.24) is 14.9 Å². The quantitative estimate of drug-likeness (QED) is 0.883. The number of ether oxygens (including phenoxy) is 1. The van der Waals surface area contributed by atoms with Crippen LogP contribution in [0.5, 0.6) is 5.88 Å². The second-order valence-electron chi connectivity index (χ2n) is 7.11. The van der Waals surface area contributed by atoms with Crippen LogP contribution in [-0.2, 0) is 4.79 Å². The van der Waals surface area contributed by atoms with Gasteiger partial charge in [-0.3, -0.25) is 4.79 Å². The summed E-state index contributed by atoms with van der Waals surface area (Å²) in [5.41, 5.74) is 5.95. The van der Waals surface area contributed by atoms with Crippen LogP contribution >= 0.6 is 0 Å². The lowest BCUT2D eigenvalue weighted by Crippen LogP contribution is -2.54. The lowest BCUT2D eigenvalue weighted by molar-refractivity contribution is -0.141. The van der Waals surface area contributed by atoms with Crippen LogP contribution in [0.2, 0.25) is 0 Å². The molecule has 0 radical (unpaired) electrons. The fourth-order valence-electron chi connectivity index (χ4n) is 4.04. The van der Waals surface area contributed by atoms with Crippen molar-refractivity contribution in [2.24, 2.45) is 17.6 Å². The third-order valence-corrected chi connectivity index (χ3v) is 5.59. The largest absolute Gasteiger partial charge is 0.481 e. The first-order valence-electron chi connectivity index (χ1n) is 9.26. The van der Waals surface area contributed by atoms with E-state index in [2.05, 4.69) is 26.7 Å². The molecule has 3 heterocycles. The van der Waals surface area contributed by atoms with E-state index in [4.69, 9.17) is 10.5 Å². The fraction of sp³-hybridized carbons (Fsp3) is 0.722. The maximum absolute atomic E-state index is 13.0. The Labute approximate surface area is 149 Å². The molecule has 2 atom stereocenters. The number of methoxy groups -OCH3 is 1. The molecule has 0 bridgehead atoms. The Morgan fingerprint density at radius 3 is 2.76 bits per heavy atom. The minimum absolute atomic E-state index is 0.0845. The van der Waals surface area contributed by atoms with Crippen molar-refractivity contribution >= 4 is 11.9 Å². The van der Waals surface area contributed by atoms with Crippen LogP contribution in [0.3, 0.4) is 0 Å². The molecule has 1 amide bonds. The molecule has 1 aromatic rings. The summed E-state index contributed by atoms with van der Waals surface area (Å²) in [5.74, 6) is 2.11. The van der Waals surface area contributed by atoms with E-state index in [0.717, 1.165) is 45.3 Å². The number of likely N-dealkylation sites (tertiary alicyclic amines) is 1. The molecule has 138 valence electrons. The predicted molar refractivity (Wildman–Crippen MR) is 96.5 cm³/mol. The first kappa shape index (κ1) is 17.9. The molecule has 0 unspecified atom stereocenters. The highest BCUT2D eigenvalue weighted by molar-refractivity contribution is 5.79. The molecule has 3 rings (SSSR count). The zero-order valence-electron chi connectivity index (χ0n) is 15.2. The van der Waals surface area contributed by atoms with E-state index in [1.54, 1.807) is 19.4 Å². The van der Waals surface area contributed by atoms with Crippen LogP contribution in [0, 0.1) is 11.8 Å². The summed E-state index contributed by atoms with van der Waals surface area (Å²) < 4.78 is 5.17. The number of hydrogen-bond acceptors (Lipinski definition) is 6. The minimum atomic E-state index is 0.0845. The summed E-state index contributed by atoms with van der Waals surface area (Å²) in [5, 5.41) is 0. The van der Waals surface area contributed by atoms with Gasteiger partial charge < -0.3 is 20.3 Å². The molecule has 7 heteroatoms. The smallest absolute Gasteiger partial charge is 0.228 e. The molecule has 0 saturated carbocycles. The summed E-state index contributed by atoms with van der Waals surface area (Å²) >= 11 is 0. The highest BCUT2D eigenvalue weighted by atomic mass is 16.5. The molecule has 0 aliphatic carbocycles. The van der Waals surface area contributed by atoms with Gasteiger partial charge in [-0.25, -0.2) is 4.98 Å². The van der Waals surface area contributed by atoms with Gasteiger partial charge in [-0.05, 0) is 31.6 Å². The van der Waals surface area contributed by atoms with E-state index in [0.29, 0.717) is 24.3 Å². The molecule has 2 aliphatic rings. The van der Waals surface area contributed by atoms with Gasteiger partial charge in [0.1, 0.15) is 0 Å². The zero-order chi connectivity index (χ0) is 17.8. The Balaban J connectivity index is 1.60. The molecule has 0 spiro atoms. The Hall–Kier alpha value is -1.89. The lowest BCUT2D eigenvalue weighted by Gasteiger charge is -2.42. The summed E-state index contributed by atoms with van der Waals surface area (Å²) in [4.78, 5) is 25.9. The monoisotopic (exact) mass is 347 g/mol. The van der Waals surface area contributed by atoms with Gasteiger partial charge in [0.2, 0.25) is 17.7 Å². The maximum Gasteiger partial charge on any atom is 0.228 e. The number of amides is 1. The average Bonchev–Trinajstić information content (AvgIpc) is 2.67. The van der Waals surface area contributed by atoms with Gasteiger partial charge in [-0.2, -0.15) is 4.98 Å². The second kappa shape index (κ2) is 7.99. The van der Waals surface area contributed by atoms with Crippen LogP contribution in [0.15, 0.2) is 12.3 Å². The molecule has 1 aromatic heterocycles. The van der Waals surface area contributed by atoms with Crippen molar-refractivity contribution in [2.75, 3.05) is 38.2 Å². The number of carbonyl (C=O) groups excluding carboxylic acids is 1. The van der Waals surface area contributed by atoms with Crippen LogP contribution < -0.4 is 15.4 Å². The molecule has 2 aliphatic heterocycles. The summed E-state index contributed by atoms with van der Waals surface area (Å²) in [6.07, 6.45) is 5.62. The SMILES string of the molecule is COc1ccnc(N2CCC(C(=O)N3CCC[C@H](C)[C@H]3CN)CC2)n1. The molecule has 2 fully saturated rings. The van der Waals surface area contributed by atoms with E-state index in [1.807, 2.05) is 0 Å². The number of nitrogens with zero attached hydrogens (tertiary/aromatic N) is 4. The molecule has 2 N–H and O–H groups in total. The van der Waals surface area contributed by atoms with Crippen molar-refractivity contribution in [2.45, 2.75) is 38.6 Å². The molecule has 25 heavy (non-hydrogen) atoms. The van der Waals surface area contributed by atoms with Crippen LogP contribution in [0.1, 0.15) is 32.6 Å². The number of anilines is 1. The first-order chi connectivity index (χ1) is 12.1. The Morgan fingerprint density at radius 2 is 2.08 bits per heavy atom. The Kier molecular flexibility index (Phi) is 5.73. The highest BCUT2D eigenvalue weighted by Crippen LogP contribution is 2.28. The number of rotatable bonds is 4. The van der Waals surface area contributed by atoms with Gasteiger partial charge in [0.15, 0.2) is 0 Å². The van der Waals surface area contributed by atoms with Crippen molar-refractivity contribution in [3.63, 3.8) is 0 Å². The fourth-order valence-corrected chi connectivity index (χ4v) is 4.04. The minimum Gasteiger partial charge on any atom is -0.481 e. The second-order valence-corrected chi connectivity index (χ2v) is 7.11.